The van der Waals surface area contributed by atoms with Crippen LogP contribution in [-0.4, -0.2) is 25.7 Å². The smallest absolute Gasteiger partial charge is 0.246 e. The van der Waals surface area contributed by atoms with Gasteiger partial charge in [-0.1, -0.05) is 6.07 Å². The van der Waals surface area contributed by atoms with E-state index < -0.39 is 32.1 Å². The normalized spacial score (nSPS) is 12.7. The molecule has 0 aliphatic carbocycles. The Morgan fingerprint density at radius 2 is 1.78 bits per heavy atom. The largest absolute Gasteiger partial charge is 0.396 e. The lowest BCUT2D eigenvalue weighted by atomic mass is 10.0. The first-order valence-electron chi connectivity index (χ1n) is 5.28. The fourth-order valence-electron chi connectivity index (χ4n) is 1.48. The molecular formula is C11H15F2NO3S. The van der Waals surface area contributed by atoms with E-state index in [2.05, 4.69) is 4.72 Å². The molecule has 0 amide bonds. The van der Waals surface area contributed by atoms with E-state index in [1.165, 1.54) is 13.8 Å². The van der Waals surface area contributed by atoms with Crippen molar-refractivity contribution in [2.75, 3.05) is 6.61 Å². The summed E-state index contributed by atoms with van der Waals surface area (Å²) in [6.45, 7) is 2.79. The summed E-state index contributed by atoms with van der Waals surface area (Å²) in [4.78, 5) is -1.00. The SMILES string of the molecule is CC(C)(CCO)NS(=O)(=O)c1c(F)cccc1F. The Hall–Kier alpha value is -1.05. The van der Waals surface area contributed by atoms with Gasteiger partial charge in [-0.25, -0.2) is 21.9 Å². The minimum Gasteiger partial charge on any atom is -0.396 e. The third kappa shape index (κ3) is 3.47. The van der Waals surface area contributed by atoms with Gasteiger partial charge in [-0.05, 0) is 32.4 Å². The zero-order chi connectivity index (χ0) is 14.0. The van der Waals surface area contributed by atoms with Crippen LogP contribution in [0.15, 0.2) is 23.1 Å². The van der Waals surface area contributed by atoms with Crippen molar-refractivity contribution < 1.29 is 22.3 Å². The number of benzene rings is 1. The van der Waals surface area contributed by atoms with Crippen molar-refractivity contribution >= 4 is 10.0 Å². The van der Waals surface area contributed by atoms with Gasteiger partial charge in [0.15, 0.2) is 4.90 Å². The maximum atomic E-state index is 13.4. The lowest BCUT2D eigenvalue weighted by Gasteiger charge is -2.25. The highest BCUT2D eigenvalue weighted by Gasteiger charge is 2.30. The molecule has 0 bridgehead atoms. The van der Waals surface area contributed by atoms with E-state index in [1.807, 2.05) is 0 Å². The molecule has 18 heavy (non-hydrogen) atoms. The molecule has 1 aromatic rings. The van der Waals surface area contributed by atoms with Crippen LogP contribution in [0.5, 0.6) is 0 Å². The number of rotatable bonds is 5. The molecule has 0 spiro atoms. The van der Waals surface area contributed by atoms with Gasteiger partial charge in [0.05, 0.1) is 0 Å². The Bertz CT molecular complexity index is 509. The summed E-state index contributed by atoms with van der Waals surface area (Å²) >= 11 is 0. The second-order valence-corrected chi connectivity index (χ2v) is 6.13. The summed E-state index contributed by atoms with van der Waals surface area (Å²) in [5.74, 6) is -2.30. The van der Waals surface area contributed by atoms with E-state index in [1.54, 1.807) is 0 Å². The number of nitrogens with one attached hydrogen (secondary N) is 1. The van der Waals surface area contributed by atoms with E-state index in [0.29, 0.717) is 0 Å². The molecule has 0 saturated carbocycles. The predicted octanol–water partition coefficient (Wildman–Crippen LogP) is 1.40. The van der Waals surface area contributed by atoms with Crippen LogP contribution < -0.4 is 4.72 Å². The number of aliphatic hydroxyl groups is 1. The van der Waals surface area contributed by atoms with Crippen LogP contribution in [0.25, 0.3) is 0 Å². The molecule has 0 fully saturated rings. The minimum absolute atomic E-state index is 0.127. The predicted molar refractivity (Wildman–Crippen MR) is 62.5 cm³/mol. The fraction of sp³-hybridized carbons (Fsp3) is 0.455. The summed E-state index contributed by atoms with van der Waals surface area (Å²) in [5, 5.41) is 8.80. The zero-order valence-electron chi connectivity index (χ0n) is 10.1. The van der Waals surface area contributed by atoms with Crippen molar-refractivity contribution in [2.24, 2.45) is 0 Å². The topological polar surface area (TPSA) is 66.4 Å². The Kier molecular flexibility index (Phi) is 4.41. The molecule has 1 rings (SSSR count). The Labute approximate surface area is 105 Å². The van der Waals surface area contributed by atoms with E-state index in [4.69, 9.17) is 5.11 Å². The monoisotopic (exact) mass is 279 g/mol. The third-order valence-electron chi connectivity index (χ3n) is 2.34. The Morgan fingerprint density at radius 3 is 2.22 bits per heavy atom. The molecule has 0 aliphatic rings. The van der Waals surface area contributed by atoms with Crippen molar-refractivity contribution in [1.29, 1.82) is 0 Å². The van der Waals surface area contributed by atoms with Crippen LogP contribution in [-0.2, 0) is 10.0 Å². The van der Waals surface area contributed by atoms with E-state index in [9.17, 15) is 17.2 Å². The van der Waals surface area contributed by atoms with E-state index in [-0.39, 0.29) is 13.0 Å². The van der Waals surface area contributed by atoms with Crippen molar-refractivity contribution in [1.82, 2.24) is 4.72 Å². The molecule has 0 atom stereocenters. The molecule has 2 N–H and O–H groups in total. The van der Waals surface area contributed by atoms with Crippen molar-refractivity contribution in [2.45, 2.75) is 30.7 Å². The number of hydrogen-bond donors (Lipinski definition) is 2. The first-order valence-corrected chi connectivity index (χ1v) is 6.77. The number of hydrogen-bond acceptors (Lipinski definition) is 3. The van der Waals surface area contributed by atoms with Gasteiger partial charge in [-0.2, -0.15) is 0 Å². The number of sulfonamides is 1. The van der Waals surface area contributed by atoms with Gasteiger partial charge in [0, 0.05) is 12.1 Å². The lowest BCUT2D eigenvalue weighted by Crippen LogP contribution is -2.44. The highest BCUT2D eigenvalue weighted by molar-refractivity contribution is 7.89. The summed E-state index contributed by atoms with van der Waals surface area (Å²) in [7, 11) is -4.31. The van der Waals surface area contributed by atoms with Crippen molar-refractivity contribution in [3.63, 3.8) is 0 Å². The van der Waals surface area contributed by atoms with Crippen molar-refractivity contribution in [3.8, 4) is 0 Å². The number of halogens is 2. The first kappa shape index (κ1) is 15.0. The van der Waals surface area contributed by atoms with Crippen molar-refractivity contribution in [3.05, 3.63) is 29.8 Å². The van der Waals surface area contributed by atoms with Gasteiger partial charge >= 0.3 is 0 Å². The van der Waals surface area contributed by atoms with Crippen LogP contribution in [0.3, 0.4) is 0 Å². The Morgan fingerprint density at radius 1 is 1.28 bits per heavy atom. The summed E-state index contributed by atoms with van der Waals surface area (Å²) in [5.41, 5.74) is -0.998. The van der Waals surface area contributed by atoms with Gasteiger partial charge in [0.25, 0.3) is 0 Å². The van der Waals surface area contributed by atoms with Gasteiger partial charge in [-0.15, -0.1) is 0 Å². The van der Waals surface area contributed by atoms with Gasteiger partial charge in [-0.3, -0.25) is 0 Å². The molecule has 4 nitrogen and oxygen atoms in total. The fourth-order valence-corrected chi connectivity index (χ4v) is 3.07. The average Bonchev–Trinajstić information content (AvgIpc) is 2.13. The lowest BCUT2D eigenvalue weighted by molar-refractivity contribution is 0.245. The molecule has 1 aromatic carbocycles. The highest BCUT2D eigenvalue weighted by Crippen LogP contribution is 2.21. The van der Waals surface area contributed by atoms with Crippen LogP contribution in [0.1, 0.15) is 20.3 Å². The average molecular weight is 279 g/mol. The summed E-state index contributed by atoms with van der Waals surface area (Å²) in [6, 6.07) is 2.83. The molecule has 102 valence electrons. The molecule has 0 radical (unpaired) electrons. The molecule has 0 unspecified atom stereocenters. The third-order valence-corrected chi connectivity index (χ3v) is 4.08. The second kappa shape index (κ2) is 5.29. The van der Waals surface area contributed by atoms with Crippen LogP contribution in [0, 0.1) is 11.6 Å². The molecule has 0 aliphatic heterocycles. The number of aliphatic hydroxyl groups excluding tert-OH is 1. The van der Waals surface area contributed by atoms with E-state index in [0.717, 1.165) is 18.2 Å². The van der Waals surface area contributed by atoms with Gasteiger partial charge in [0.2, 0.25) is 10.0 Å². The highest BCUT2D eigenvalue weighted by atomic mass is 32.2. The molecule has 7 heteroatoms. The molecular weight excluding hydrogens is 264 g/mol. The molecule has 0 saturated heterocycles. The van der Waals surface area contributed by atoms with Gasteiger partial charge in [0.1, 0.15) is 11.6 Å². The zero-order valence-corrected chi connectivity index (χ0v) is 10.9. The van der Waals surface area contributed by atoms with E-state index >= 15 is 0 Å². The molecule has 0 aromatic heterocycles. The minimum atomic E-state index is -4.31. The van der Waals surface area contributed by atoms with Crippen LogP contribution in [0.4, 0.5) is 8.78 Å². The maximum absolute atomic E-state index is 13.4. The quantitative estimate of drug-likeness (QED) is 0.856. The Balaban J connectivity index is 3.15. The van der Waals surface area contributed by atoms with Gasteiger partial charge < -0.3 is 5.11 Å². The van der Waals surface area contributed by atoms with Crippen LogP contribution in [0.2, 0.25) is 0 Å². The van der Waals surface area contributed by atoms with Crippen LogP contribution >= 0.6 is 0 Å². The molecule has 0 heterocycles. The summed E-state index contributed by atoms with van der Waals surface area (Å²) in [6.07, 6.45) is 0.127. The first-order chi connectivity index (χ1) is 8.19. The summed E-state index contributed by atoms with van der Waals surface area (Å²) < 4.78 is 52.7. The maximum Gasteiger partial charge on any atom is 0.246 e. The second-order valence-electron chi connectivity index (χ2n) is 4.51. The standard InChI is InChI=1S/C11H15F2NO3S/c1-11(2,6-7-15)14-18(16,17)10-8(12)4-3-5-9(10)13/h3-5,14-15H,6-7H2,1-2H3.